The van der Waals surface area contributed by atoms with Crippen LogP contribution < -0.4 is 4.90 Å². The van der Waals surface area contributed by atoms with Crippen LogP contribution in [0.25, 0.3) is 72.2 Å². The van der Waals surface area contributed by atoms with Crippen LogP contribution in [-0.4, -0.2) is 0 Å². The SMILES string of the molecule is C=C/C=C\c1ccc2c(oc3c(N(c4ccc(-c5ccccc5)cc4)c4ccc(-c5cccc6c5oc5ccccc56)cc4)cccc32)c1C. The molecule has 3 nitrogen and oxygen atoms in total. The van der Waals surface area contributed by atoms with Crippen LogP contribution in [0.4, 0.5) is 17.1 Å². The first-order valence-electron chi connectivity index (χ1n) is 16.9. The Labute approximate surface area is 290 Å². The largest absolute Gasteiger partial charge is 0.455 e. The van der Waals surface area contributed by atoms with Crippen molar-refractivity contribution in [2.45, 2.75) is 6.92 Å². The van der Waals surface area contributed by atoms with Gasteiger partial charge in [0.15, 0.2) is 5.58 Å². The van der Waals surface area contributed by atoms with Crippen molar-refractivity contribution in [1.82, 2.24) is 0 Å². The fourth-order valence-corrected chi connectivity index (χ4v) is 7.15. The number of hydrogen-bond acceptors (Lipinski definition) is 3. The lowest BCUT2D eigenvalue weighted by molar-refractivity contribution is 0.666. The normalized spacial score (nSPS) is 11.7. The maximum absolute atomic E-state index is 6.81. The molecule has 0 saturated carbocycles. The standard InChI is InChI=1S/C47H33NO2/c1-3-4-12-32-25-30-42-41-18-11-19-43(47(41)50-45(42)31(32)2)48(36-26-21-34(22-27-36)33-13-6-5-7-14-33)37-28-23-35(24-29-37)38-16-10-17-40-39-15-8-9-20-44(39)49-46(38)40/h3-30H,1H2,2H3/b12-4-. The van der Waals surface area contributed by atoms with Crippen LogP contribution in [-0.2, 0) is 0 Å². The van der Waals surface area contributed by atoms with E-state index < -0.39 is 0 Å². The minimum absolute atomic E-state index is 0.846. The van der Waals surface area contributed by atoms with E-state index >= 15 is 0 Å². The molecule has 0 N–H and O–H groups in total. The molecular formula is C47H33NO2. The number of rotatable bonds is 7. The van der Waals surface area contributed by atoms with Gasteiger partial charge in [-0.25, -0.2) is 0 Å². The molecule has 0 amide bonds. The van der Waals surface area contributed by atoms with E-state index in [0.717, 1.165) is 83.2 Å². The Morgan fingerprint density at radius 1 is 0.500 bits per heavy atom. The molecule has 0 radical (unpaired) electrons. The van der Waals surface area contributed by atoms with E-state index in [-0.39, 0.29) is 0 Å². The second-order valence-electron chi connectivity index (χ2n) is 12.6. The summed E-state index contributed by atoms with van der Waals surface area (Å²) in [5.74, 6) is 0. The van der Waals surface area contributed by atoms with E-state index in [4.69, 9.17) is 8.83 Å². The van der Waals surface area contributed by atoms with Crippen LogP contribution >= 0.6 is 0 Å². The predicted octanol–water partition coefficient (Wildman–Crippen LogP) is 13.8. The van der Waals surface area contributed by atoms with Crippen LogP contribution in [0.3, 0.4) is 0 Å². The van der Waals surface area contributed by atoms with E-state index in [1.165, 1.54) is 11.1 Å². The number of anilines is 3. The lowest BCUT2D eigenvalue weighted by atomic mass is 10.0. The van der Waals surface area contributed by atoms with E-state index in [1.807, 2.05) is 24.3 Å². The number of benzene rings is 7. The molecule has 0 aliphatic carbocycles. The Kier molecular flexibility index (Phi) is 7.18. The monoisotopic (exact) mass is 643 g/mol. The van der Waals surface area contributed by atoms with Crippen LogP contribution in [0.5, 0.6) is 0 Å². The second-order valence-corrected chi connectivity index (χ2v) is 12.6. The zero-order chi connectivity index (χ0) is 33.6. The van der Waals surface area contributed by atoms with Gasteiger partial charge in [-0.2, -0.15) is 0 Å². The van der Waals surface area contributed by atoms with Gasteiger partial charge < -0.3 is 13.7 Å². The van der Waals surface area contributed by atoms with Crippen LogP contribution in [0.15, 0.2) is 179 Å². The quantitative estimate of drug-likeness (QED) is 0.162. The summed E-state index contributed by atoms with van der Waals surface area (Å²) in [4.78, 5) is 2.29. The van der Waals surface area contributed by atoms with Crippen molar-refractivity contribution in [3.05, 3.63) is 182 Å². The zero-order valence-electron chi connectivity index (χ0n) is 27.6. The second kappa shape index (κ2) is 12.1. The fraction of sp³-hybridized carbons (Fsp3) is 0.0213. The van der Waals surface area contributed by atoms with Gasteiger partial charge >= 0.3 is 0 Å². The molecule has 0 bridgehead atoms. The van der Waals surface area contributed by atoms with Gasteiger partial charge in [0.05, 0.1) is 5.69 Å². The minimum Gasteiger partial charge on any atom is -0.455 e. The highest BCUT2D eigenvalue weighted by Crippen LogP contribution is 2.44. The molecule has 0 unspecified atom stereocenters. The van der Waals surface area contributed by atoms with E-state index in [1.54, 1.807) is 6.08 Å². The van der Waals surface area contributed by atoms with E-state index in [2.05, 4.69) is 158 Å². The van der Waals surface area contributed by atoms with Gasteiger partial charge in [0.2, 0.25) is 0 Å². The number of fused-ring (bicyclic) bond motifs is 6. The van der Waals surface area contributed by atoms with Crippen molar-refractivity contribution in [2.75, 3.05) is 4.90 Å². The maximum Gasteiger partial charge on any atom is 0.159 e. The molecule has 0 spiro atoms. The molecule has 50 heavy (non-hydrogen) atoms. The molecule has 7 aromatic carbocycles. The molecule has 9 rings (SSSR count). The van der Waals surface area contributed by atoms with Gasteiger partial charge in [-0.05, 0) is 77.2 Å². The molecule has 0 fully saturated rings. The van der Waals surface area contributed by atoms with E-state index in [9.17, 15) is 0 Å². The van der Waals surface area contributed by atoms with Crippen molar-refractivity contribution in [3.63, 3.8) is 0 Å². The fourth-order valence-electron chi connectivity index (χ4n) is 7.15. The third-order valence-electron chi connectivity index (χ3n) is 9.66. The predicted molar refractivity (Wildman–Crippen MR) is 211 cm³/mol. The van der Waals surface area contributed by atoms with Gasteiger partial charge in [-0.1, -0.05) is 134 Å². The Bertz CT molecular complexity index is 2710. The topological polar surface area (TPSA) is 29.5 Å². The number of aryl methyl sites for hydroxylation is 1. The highest BCUT2D eigenvalue weighted by atomic mass is 16.3. The average Bonchev–Trinajstić information content (AvgIpc) is 3.75. The molecular weight excluding hydrogens is 611 g/mol. The Balaban J connectivity index is 1.20. The number of nitrogens with zero attached hydrogens (tertiary/aromatic N) is 1. The summed E-state index contributed by atoms with van der Waals surface area (Å²) in [5, 5.41) is 4.43. The Hall–Kier alpha value is -6.58. The zero-order valence-corrected chi connectivity index (χ0v) is 27.6. The third-order valence-corrected chi connectivity index (χ3v) is 9.66. The molecule has 9 aromatic rings. The lowest BCUT2D eigenvalue weighted by Gasteiger charge is -2.26. The van der Waals surface area contributed by atoms with E-state index in [0.29, 0.717) is 0 Å². The van der Waals surface area contributed by atoms with Gasteiger partial charge in [-0.3, -0.25) is 0 Å². The number of allylic oxidation sites excluding steroid dienone is 2. The summed E-state index contributed by atoms with van der Waals surface area (Å²) < 4.78 is 13.2. The smallest absolute Gasteiger partial charge is 0.159 e. The van der Waals surface area contributed by atoms with Crippen molar-refractivity contribution in [1.29, 1.82) is 0 Å². The lowest BCUT2D eigenvalue weighted by Crippen LogP contribution is -2.10. The first-order valence-corrected chi connectivity index (χ1v) is 16.9. The number of para-hydroxylation sites is 3. The van der Waals surface area contributed by atoms with Crippen molar-refractivity contribution in [3.8, 4) is 22.3 Å². The van der Waals surface area contributed by atoms with Crippen molar-refractivity contribution in [2.24, 2.45) is 0 Å². The first-order chi connectivity index (χ1) is 24.7. The third kappa shape index (κ3) is 4.91. The maximum atomic E-state index is 6.81. The molecule has 3 heteroatoms. The molecule has 2 aromatic heterocycles. The summed E-state index contributed by atoms with van der Waals surface area (Å²) in [6, 6.07) is 53.3. The summed E-state index contributed by atoms with van der Waals surface area (Å²) in [6.45, 7) is 5.96. The molecule has 0 aliphatic rings. The molecule has 0 aliphatic heterocycles. The summed E-state index contributed by atoms with van der Waals surface area (Å²) in [6.07, 6.45) is 5.83. The van der Waals surface area contributed by atoms with Gasteiger partial charge in [0, 0.05) is 38.5 Å². The van der Waals surface area contributed by atoms with Gasteiger partial charge in [-0.15, -0.1) is 0 Å². The first kappa shape index (κ1) is 29.6. The highest BCUT2D eigenvalue weighted by molar-refractivity contribution is 6.12. The molecule has 0 saturated heterocycles. The summed E-state index contributed by atoms with van der Waals surface area (Å²) in [5.41, 5.74) is 13.3. The Morgan fingerprint density at radius 3 is 1.88 bits per heavy atom. The summed E-state index contributed by atoms with van der Waals surface area (Å²) >= 11 is 0. The van der Waals surface area contributed by atoms with Gasteiger partial charge in [0.1, 0.15) is 16.7 Å². The van der Waals surface area contributed by atoms with Crippen LogP contribution in [0.1, 0.15) is 11.1 Å². The molecule has 0 atom stereocenters. The minimum atomic E-state index is 0.846. The average molecular weight is 644 g/mol. The summed E-state index contributed by atoms with van der Waals surface area (Å²) in [7, 11) is 0. The highest BCUT2D eigenvalue weighted by Gasteiger charge is 2.21. The number of hydrogen-bond donors (Lipinski definition) is 0. The van der Waals surface area contributed by atoms with Crippen LogP contribution in [0, 0.1) is 6.92 Å². The Morgan fingerprint density at radius 2 is 1.12 bits per heavy atom. The number of furan rings is 2. The van der Waals surface area contributed by atoms with Crippen molar-refractivity contribution >= 4 is 67.0 Å². The van der Waals surface area contributed by atoms with Crippen molar-refractivity contribution < 1.29 is 8.83 Å². The van der Waals surface area contributed by atoms with Crippen LogP contribution in [0.2, 0.25) is 0 Å². The molecule has 238 valence electrons. The van der Waals surface area contributed by atoms with Gasteiger partial charge in [0.25, 0.3) is 0 Å². The molecule has 2 heterocycles.